The first-order chi connectivity index (χ1) is 16.4. The third kappa shape index (κ3) is 5.88. The van der Waals surface area contributed by atoms with Crippen LogP contribution >= 0.6 is 0 Å². The number of likely N-dealkylation sites (N-methyl/N-ethyl adjacent to an activating group) is 1. The average molecular weight is 472 g/mol. The van der Waals surface area contributed by atoms with E-state index in [0.29, 0.717) is 50.5 Å². The molecular weight excluding hydrogens is 434 g/mol. The van der Waals surface area contributed by atoms with Gasteiger partial charge in [-0.25, -0.2) is 14.4 Å². The first-order valence-electron chi connectivity index (χ1n) is 12.2. The summed E-state index contributed by atoms with van der Waals surface area (Å²) < 4.78 is 5.45. The molecule has 4 amide bonds. The lowest BCUT2D eigenvalue weighted by Crippen LogP contribution is -2.51. The van der Waals surface area contributed by atoms with Gasteiger partial charge in [0.05, 0.1) is 18.2 Å². The van der Waals surface area contributed by atoms with Crippen LogP contribution in [0.2, 0.25) is 0 Å². The molecule has 2 N–H and O–H groups in total. The summed E-state index contributed by atoms with van der Waals surface area (Å²) >= 11 is 0. The van der Waals surface area contributed by atoms with Crippen molar-refractivity contribution in [2.75, 3.05) is 52.4 Å². The topological polar surface area (TPSA) is 94.2 Å². The van der Waals surface area contributed by atoms with Gasteiger partial charge in [0.2, 0.25) is 0 Å². The molecule has 9 nitrogen and oxygen atoms in total. The second-order valence-electron chi connectivity index (χ2n) is 8.57. The Labute approximate surface area is 202 Å². The van der Waals surface area contributed by atoms with E-state index >= 15 is 0 Å². The van der Waals surface area contributed by atoms with Crippen LogP contribution in [0.3, 0.4) is 0 Å². The van der Waals surface area contributed by atoms with Crippen molar-refractivity contribution in [3.8, 4) is 0 Å². The fourth-order valence-corrected chi connectivity index (χ4v) is 4.47. The summed E-state index contributed by atoms with van der Waals surface area (Å²) in [6.45, 7) is 12.0. The highest BCUT2D eigenvalue weighted by atomic mass is 16.5. The van der Waals surface area contributed by atoms with Gasteiger partial charge in [-0.1, -0.05) is 29.8 Å². The third-order valence-electron chi connectivity index (χ3n) is 6.24. The number of esters is 1. The lowest BCUT2D eigenvalue weighted by atomic mass is 9.93. The van der Waals surface area contributed by atoms with Crippen LogP contribution in [0.5, 0.6) is 0 Å². The smallest absolute Gasteiger partial charge is 0.338 e. The Balaban J connectivity index is 1.95. The molecule has 0 spiro atoms. The van der Waals surface area contributed by atoms with Crippen LogP contribution in [0.15, 0.2) is 35.5 Å². The van der Waals surface area contributed by atoms with Gasteiger partial charge in [0.1, 0.15) is 0 Å². The minimum atomic E-state index is -0.580. The predicted molar refractivity (Wildman–Crippen MR) is 130 cm³/mol. The maximum atomic E-state index is 13.2. The maximum absolute atomic E-state index is 13.2. The highest BCUT2D eigenvalue weighted by Crippen LogP contribution is 2.32. The van der Waals surface area contributed by atoms with Gasteiger partial charge >= 0.3 is 18.0 Å². The van der Waals surface area contributed by atoms with Crippen LogP contribution in [0.4, 0.5) is 9.59 Å². The van der Waals surface area contributed by atoms with Gasteiger partial charge in [0.15, 0.2) is 0 Å². The molecule has 186 valence electrons. The summed E-state index contributed by atoms with van der Waals surface area (Å²) in [5.74, 6) is -0.416. The molecule has 2 aliphatic rings. The summed E-state index contributed by atoms with van der Waals surface area (Å²) in [6.07, 6.45) is 0.818. The Hall–Kier alpha value is -3.07. The van der Waals surface area contributed by atoms with E-state index in [1.807, 2.05) is 49.9 Å². The van der Waals surface area contributed by atoms with Gasteiger partial charge in [0.25, 0.3) is 0 Å². The number of nitrogens with one attached hydrogen (secondary N) is 2. The largest absolute Gasteiger partial charge is 0.463 e. The zero-order chi connectivity index (χ0) is 24.7. The van der Waals surface area contributed by atoms with E-state index in [4.69, 9.17) is 4.74 Å². The molecule has 1 aromatic rings. The molecule has 1 atom stereocenters. The minimum Gasteiger partial charge on any atom is -0.463 e. The molecule has 3 rings (SSSR count). The number of rotatable bonds is 7. The maximum Gasteiger partial charge on any atom is 0.338 e. The quantitative estimate of drug-likeness (QED) is 0.597. The van der Waals surface area contributed by atoms with Crippen molar-refractivity contribution in [3.05, 3.63) is 46.7 Å². The SMILES string of the molecule is CCNC(=O)N1CCCN(CC2=C(C(=O)OCC)C(c3ccc(C)cc3)NC(=O)N2CC)CC1. The summed E-state index contributed by atoms with van der Waals surface area (Å²) in [4.78, 5) is 44.2. The number of hydrogen-bond acceptors (Lipinski definition) is 5. The van der Waals surface area contributed by atoms with E-state index < -0.39 is 12.0 Å². The van der Waals surface area contributed by atoms with E-state index in [9.17, 15) is 14.4 Å². The monoisotopic (exact) mass is 471 g/mol. The van der Waals surface area contributed by atoms with Gasteiger partial charge in [-0.15, -0.1) is 0 Å². The molecule has 0 aromatic heterocycles. The van der Waals surface area contributed by atoms with E-state index in [0.717, 1.165) is 24.1 Å². The van der Waals surface area contributed by atoms with Crippen molar-refractivity contribution < 1.29 is 19.1 Å². The van der Waals surface area contributed by atoms with E-state index in [1.54, 1.807) is 11.8 Å². The molecule has 0 radical (unpaired) electrons. The second-order valence-corrected chi connectivity index (χ2v) is 8.57. The number of aryl methyl sites for hydroxylation is 1. The number of urea groups is 2. The molecule has 1 aromatic carbocycles. The van der Waals surface area contributed by atoms with Gasteiger partial charge in [0, 0.05) is 51.5 Å². The molecule has 1 saturated heterocycles. The van der Waals surface area contributed by atoms with Crippen molar-refractivity contribution in [1.29, 1.82) is 0 Å². The fourth-order valence-electron chi connectivity index (χ4n) is 4.47. The van der Waals surface area contributed by atoms with Gasteiger partial charge < -0.3 is 20.3 Å². The summed E-state index contributed by atoms with van der Waals surface area (Å²) in [5.41, 5.74) is 3.08. The van der Waals surface area contributed by atoms with E-state index in [-0.39, 0.29) is 18.7 Å². The molecular formula is C25H37N5O4. The van der Waals surface area contributed by atoms with Crippen LogP contribution < -0.4 is 10.6 Å². The lowest BCUT2D eigenvalue weighted by Gasteiger charge is -2.38. The Bertz CT molecular complexity index is 914. The molecule has 0 aliphatic carbocycles. The van der Waals surface area contributed by atoms with Gasteiger partial charge in [-0.3, -0.25) is 9.80 Å². The summed E-state index contributed by atoms with van der Waals surface area (Å²) in [6, 6.07) is 6.96. The minimum absolute atomic E-state index is 0.0533. The Morgan fingerprint density at radius 3 is 2.47 bits per heavy atom. The number of carbonyl (C=O) groups is 3. The van der Waals surface area contributed by atoms with Crippen LogP contribution in [-0.4, -0.2) is 85.2 Å². The van der Waals surface area contributed by atoms with Crippen molar-refractivity contribution >= 4 is 18.0 Å². The summed E-state index contributed by atoms with van der Waals surface area (Å²) in [5, 5.41) is 5.87. The van der Waals surface area contributed by atoms with Gasteiger partial charge in [-0.05, 0) is 39.7 Å². The van der Waals surface area contributed by atoms with E-state index in [1.165, 1.54) is 0 Å². The molecule has 2 heterocycles. The Morgan fingerprint density at radius 2 is 1.82 bits per heavy atom. The Morgan fingerprint density at radius 1 is 1.09 bits per heavy atom. The first kappa shape index (κ1) is 25.6. The van der Waals surface area contributed by atoms with Crippen molar-refractivity contribution in [3.63, 3.8) is 0 Å². The van der Waals surface area contributed by atoms with Crippen LogP contribution in [0, 0.1) is 6.92 Å². The fraction of sp³-hybridized carbons (Fsp3) is 0.560. The standard InChI is InChI=1S/C25H37N5O4/c1-5-26-24(32)29-14-8-13-28(15-16-29)17-20-21(23(31)34-7-3)22(27-25(33)30(20)6-2)19-11-9-18(4)10-12-19/h9-12,22H,5-8,13-17H2,1-4H3,(H,26,32)(H,27,33). The Kier molecular flexibility index (Phi) is 8.92. The van der Waals surface area contributed by atoms with Crippen LogP contribution in [0.1, 0.15) is 44.4 Å². The number of carbonyl (C=O) groups excluding carboxylic acids is 3. The first-order valence-corrected chi connectivity index (χ1v) is 12.2. The predicted octanol–water partition coefficient (Wildman–Crippen LogP) is 2.64. The summed E-state index contributed by atoms with van der Waals surface area (Å²) in [7, 11) is 0. The third-order valence-corrected chi connectivity index (χ3v) is 6.24. The molecule has 0 saturated carbocycles. The van der Waals surface area contributed by atoms with Crippen molar-refractivity contribution in [2.24, 2.45) is 0 Å². The lowest BCUT2D eigenvalue weighted by molar-refractivity contribution is -0.139. The highest BCUT2D eigenvalue weighted by Gasteiger charge is 2.38. The number of ether oxygens (including phenoxy) is 1. The zero-order valence-corrected chi connectivity index (χ0v) is 20.7. The van der Waals surface area contributed by atoms with E-state index in [2.05, 4.69) is 15.5 Å². The van der Waals surface area contributed by atoms with Crippen LogP contribution in [-0.2, 0) is 9.53 Å². The number of amides is 4. The number of benzene rings is 1. The second kappa shape index (κ2) is 11.9. The van der Waals surface area contributed by atoms with Crippen molar-refractivity contribution in [1.82, 2.24) is 25.3 Å². The molecule has 0 bridgehead atoms. The average Bonchev–Trinajstić information content (AvgIpc) is 3.05. The number of hydrogen-bond donors (Lipinski definition) is 2. The number of nitrogens with zero attached hydrogens (tertiary/aromatic N) is 3. The van der Waals surface area contributed by atoms with Crippen molar-refractivity contribution in [2.45, 2.75) is 40.2 Å². The molecule has 1 unspecified atom stereocenters. The molecule has 9 heteroatoms. The highest BCUT2D eigenvalue weighted by molar-refractivity contribution is 5.95. The van der Waals surface area contributed by atoms with Crippen LogP contribution in [0.25, 0.3) is 0 Å². The molecule has 1 fully saturated rings. The zero-order valence-electron chi connectivity index (χ0n) is 20.7. The molecule has 34 heavy (non-hydrogen) atoms. The van der Waals surface area contributed by atoms with Gasteiger partial charge in [-0.2, -0.15) is 0 Å². The molecule has 2 aliphatic heterocycles. The normalized spacial score (nSPS) is 19.5.